The molecule has 2 N–H and O–H groups in total. The average Bonchev–Trinajstić information content (AvgIpc) is 2.48. The minimum absolute atomic E-state index is 0.0742. The molecule has 6 heteroatoms. The predicted molar refractivity (Wildman–Crippen MR) is 82.5 cm³/mol. The zero-order valence-corrected chi connectivity index (χ0v) is 12.8. The highest BCUT2D eigenvalue weighted by atomic mass is 19.1. The molecule has 0 aromatic heterocycles. The zero-order chi connectivity index (χ0) is 17.0. The highest BCUT2D eigenvalue weighted by Crippen LogP contribution is 2.18. The lowest BCUT2D eigenvalue weighted by Gasteiger charge is -2.15. The molecule has 0 spiro atoms. The third-order valence-corrected chi connectivity index (χ3v) is 3.50. The van der Waals surface area contributed by atoms with Gasteiger partial charge in [0.05, 0.1) is 6.54 Å². The number of carbonyl (C=O) groups is 1. The number of carbonyl (C=O) groups excluding carboxylic acids is 1. The molecule has 0 saturated heterocycles. The van der Waals surface area contributed by atoms with Crippen LogP contribution in [0.3, 0.4) is 0 Å². The topological polar surface area (TPSA) is 41.1 Å². The summed E-state index contributed by atoms with van der Waals surface area (Å²) in [6, 6.07) is 7.19. The molecule has 2 rings (SSSR count). The maximum absolute atomic E-state index is 13.4. The monoisotopic (exact) mass is 322 g/mol. The number of nitrogens with one attached hydrogen (secondary N) is 2. The third-order valence-electron chi connectivity index (χ3n) is 3.50. The first kappa shape index (κ1) is 17.0. The number of benzene rings is 2. The van der Waals surface area contributed by atoms with E-state index in [4.69, 9.17) is 0 Å². The Bertz CT molecular complexity index is 699. The van der Waals surface area contributed by atoms with Gasteiger partial charge in [0.15, 0.2) is 0 Å². The van der Waals surface area contributed by atoms with Gasteiger partial charge < -0.3 is 10.6 Å². The number of anilines is 1. The molecular formula is C17H17F3N2O. The summed E-state index contributed by atoms with van der Waals surface area (Å²) in [5.41, 5.74) is 1.14. The van der Waals surface area contributed by atoms with Crippen LogP contribution in [0.4, 0.5) is 18.9 Å². The molecule has 23 heavy (non-hydrogen) atoms. The minimum Gasteiger partial charge on any atom is -0.325 e. The Morgan fingerprint density at radius 2 is 1.78 bits per heavy atom. The van der Waals surface area contributed by atoms with Gasteiger partial charge >= 0.3 is 0 Å². The van der Waals surface area contributed by atoms with Crippen molar-refractivity contribution in [3.8, 4) is 0 Å². The Morgan fingerprint density at radius 1 is 1.13 bits per heavy atom. The van der Waals surface area contributed by atoms with E-state index in [0.29, 0.717) is 16.8 Å². The molecule has 0 radical (unpaired) electrons. The van der Waals surface area contributed by atoms with Crippen LogP contribution in [0.2, 0.25) is 0 Å². The maximum atomic E-state index is 13.4. The first-order valence-corrected chi connectivity index (χ1v) is 7.11. The van der Waals surface area contributed by atoms with Gasteiger partial charge in [-0.2, -0.15) is 0 Å². The standard InChI is InChI=1S/C17H17F3N2O/c1-10-15(20)4-3-5-16(10)22-17(23)9-21-11(2)12-6-13(18)8-14(19)7-12/h3-8,11,21H,9H2,1-2H3,(H,22,23). The number of amides is 1. The van der Waals surface area contributed by atoms with Crippen molar-refractivity contribution < 1.29 is 18.0 Å². The first-order valence-electron chi connectivity index (χ1n) is 7.11. The summed E-state index contributed by atoms with van der Waals surface area (Å²) in [4.78, 5) is 11.9. The molecule has 3 nitrogen and oxygen atoms in total. The highest BCUT2D eigenvalue weighted by molar-refractivity contribution is 5.93. The number of hydrogen-bond donors (Lipinski definition) is 2. The summed E-state index contributed by atoms with van der Waals surface area (Å²) in [5, 5.41) is 5.46. The normalized spacial score (nSPS) is 12.0. The van der Waals surface area contributed by atoms with Gasteiger partial charge in [0.2, 0.25) is 5.91 Å². The second kappa shape index (κ2) is 7.28. The van der Waals surface area contributed by atoms with Crippen LogP contribution in [0.1, 0.15) is 24.1 Å². The first-order chi connectivity index (χ1) is 10.9. The van der Waals surface area contributed by atoms with Crippen LogP contribution in [-0.4, -0.2) is 12.5 Å². The molecule has 2 aromatic rings. The number of rotatable bonds is 5. The second-order valence-corrected chi connectivity index (χ2v) is 5.27. The van der Waals surface area contributed by atoms with E-state index in [9.17, 15) is 18.0 Å². The molecule has 0 saturated carbocycles. The van der Waals surface area contributed by atoms with E-state index in [1.807, 2.05) is 0 Å². The van der Waals surface area contributed by atoms with E-state index in [1.165, 1.54) is 24.3 Å². The Balaban J connectivity index is 1.94. The van der Waals surface area contributed by atoms with Crippen LogP contribution in [0.15, 0.2) is 36.4 Å². The molecule has 122 valence electrons. The summed E-state index contributed by atoms with van der Waals surface area (Å²) in [7, 11) is 0. The fourth-order valence-electron chi connectivity index (χ4n) is 2.13. The third kappa shape index (κ3) is 4.56. The van der Waals surface area contributed by atoms with E-state index in [0.717, 1.165) is 6.07 Å². The molecule has 1 unspecified atom stereocenters. The lowest BCUT2D eigenvalue weighted by molar-refractivity contribution is -0.115. The lowest BCUT2D eigenvalue weighted by Crippen LogP contribution is -2.30. The number of halogens is 3. The van der Waals surface area contributed by atoms with E-state index < -0.39 is 23.5 Å². The van der Waals surface area contributed by atoms with Crippen LogP contribution < -0.4 is 10.6 Å². The summed E-state index contributed by atoms with van der Waals surface area (Å²) in [6.07, 6.45) is 0. The van der Waals surface area contributed by atoms with Crippen molar-refractivity contribution in [2.45, 2.75) is 19.9 Å². The van der Waals surface area contributed by atoms with Gasteiger partial charge in [-0.1, -0.05) is 6.07 Å². The Kier molecular flexibility index (Phi) is 5.39. The quantitative estimate of drug-likeness (QED) is 0.881. The summed E-state index contributed by atoms with van der Waals surface area (Å²) < 4.78 is 39.8. The van der Waals surface area contributed by atoms with Crippen molar-refractivity contribution >= 4 is 11.6 Å². The zero-order valence-electron chi connectivity index (χ0n) is 12.8. The maximum Gasteiger partial charge on any atom is 0.238 e. The molecule has 1 atom stereocenters. The lowest BCUT2D eigenvalue weighted by atomic mass is 10.1. The molecule has 0 aliphatic heterocycles. The fraction of sp³-hybridized carbons (Fsp3) is 0.235. The average molecular weight is 322 g/mol. The highest BCUT2D eigenvalue weighted by Gasteiger charge is 2.11. The van der Waals surface area contributed by atoms with Crippen molar-refractivity contribution in [1.29, 1.82) is 0 Å². The Hall–Kier alpha value is -2.34. The Morgan fingerprint density at radius 3 is 2.43 bits per heavy atom. The van der Waals surface area contributed by atoms with Crippen LogP contribution in [-0.2, 0) is 4.79 Å². The second-order valence-electron chi connectivity index (χ2n) is 5.27. The van der Waals surface area contributed by atoms with Crippen LogP contribution in [0.5, 0.6) is 0 Å². The largest absolute Gasteiger partial charge is 0.325 e. The van der Waals surface area contributed by atoms with Gasteiger partial charge in [0.1, 0.15) is 17.5 Å². The van der Waals surface area contributed by atoms with Crippen molar-refractivity contribution in [2.24, 2.45) is 0 Å². The van der Waals surface area contributed by atoms with Gasteiger partial charge in [-0.05, 0) is 43.7 Å². The molecular weight excluding hydrogens is 305 g/mol. The van der Waals surface area contributed by atoms with Crippen LogP contribution in [0.25, 0.3) is 0 Å². The van der Waals surface area contributed by atoms with E-state index in [-0.39, 0.29) is 12.5 Å². The van der Waals surface area contributed by atoms with E-state index in [2.05, 4.69) is 10.6 Å². The van der Waals surface area contributed by atoms with Crippen molar-refractivity contribution in [3.05, 3.63) is 65.0 Å². The van der Waals surface area contributed by atoms with Gasteiger partial charge in [-0.25, -0.2) is 13.2 Å². The fourth-order valence-corrected chi connectivity index (χ4v) is 2.13. The van der Waals surface area contributed by atoms with Gasteiger partial charge in [0, 0.05) is 23.4 Å². The molecule has 0 heterocycles. The van der Waals surface area contributed by atoms with Gasteiger partial charge in [-0.15, -0.1) is 0 Å². The minimum atomic E-state index is -0.673. The van der Waals surface area contributed by atoms with Crippen molar-refractivity contribution in [3.63, 3.8) is 0 Å². The molecule has 0 aliphatic rings. The van der Waals surface area contributed by atoms with Crippen LogP contribution in [0, 0.1) is 24.4 Å². The molecule has 0 aliphatic carbocycles. The van der Waals surface area contributed by atoms with E-state index in [1.54, 1.807) is 19.9 Å². The molecule has 1 amide bonds. The van der Waals surface area contributed by atoms with Crippen molar-refractivity contribution in [1.82, 2.24) is 5.32 Å². The van der Waals surface area contributed by atoms with E-state index >= 15 is 0 Å². The molecule has 2 aromatic carbocycles. The molecule has 0 fully saturated rings. The SMILES string of the molecule is Cc1c(F)cccc1NC(=O)CNC(C)c1cc(F)cc(F)c1. The number of hydrogen-bond acceptors (Lipinski definition) is 2. The van der Waals surface area contributed by atoms with Gasteiger partial charge in [0.25, 0.3) is 0 Å². The Labute approximate surface area is 132 Å². The molecule has 0 bridgehead atoms. The van der Waals surface area contributed by atoms with Gasteiger partial charge in [-0.3, -0.25) is 4.79 Å². The van der Waals surface area contributed by atoms with Crippen molar-refractivity contribution in [2.75, 3.05) is 11.9 Å². The smallest absolute Gasteiger partial charge is 0.238 e. The summed E-state index contributed by atoms with van der Waals surface area (Å²) in [5.74, 6) is -2.12. The predicted octanol–water partition coefficient (Wildman–Crippen LogP) is 3.70. The summed E-state index contributed by atoms with van der Waals surface area (Å²) >= 11 is 0. The summed E-state index contributed by atoms with van der Waals surface area (Å²) in [6.45, 7) is 3.18. The van der Waals surface area contributed by atoms with Crippen LogP contribution >= 0.6 is 0 Å².